The second-order valence-corrected chi connectivity index (χ2v) is 7.85. The number of carboxylic acid groups (broad SMARTS) is 1. The van der Waals surface area contributed by atoms with E-state index >= 15 is 0 Å². The summed E-state index contributed by atoms with van der Waals surface area (Å²) in [7, 11) is -3.55. The first-order valence-electron chi connectivity index (χ1n) is 8.61. The summed E-state index contributed by atoms with van der Waals surface area (Å²) in [6.07, 6.45) is -4.69. The van der Waals surface area contributed by atoms with Gasteiger partial charge >= 0.3 is 18.8 Å². The minimum Gasteiger partial charge on any atom is -0.493 e. The number of hydrogen-bond donors (Lipinski definition) is 3. The molecule has 0 bridgehead atoms. The number of methoxy groups -OCH3 is 1. The zero-order valence-electron chi connectivity index (χ0n) is 16.4. The van der Waals surface area contributed by atoms with Crippen LogP contribution in [-0.4, -0.2) is 51.8 Å². The van der Waals surface area contributed by atoms with Gasteiger partial charge in [-0.25, -0.2) is 13.2 Å². The first kappa shape index (κ1) is 25.6. The quantitative estimate of drug-likeness (QED) is 0.453. The average Bonchev–Trinajstić information content (AvgIpc) is 2.71. The van der Waals surface area contributed by atoms with Crippen molar-refractivity contribution in [3.8, 4) is 11.5 Å². The molecule has 15 heteroatoms. The zero-order valence-corrected chi connectivity index (χ0v) is 17.3. The summed E-state index contributed by atoms with van der Waals surface area (Å²) in [6, 6.07) is 5.31. The number of amides is 1. The van der Waals surface area contributed by atoms with E-state index in [0.717, 1.165) is 37.4 Å². The van der Waals surface area contributed by atoms with E-state index in [9.17, 15) is 45.1 Å². The van der Waals surface area contributed by atoms with Gasteiger partial charge < -0.3 is 19.9 Å². The molecule has 0 aliphatic heterocycles. The highest BCUT2D eigenvalue weighted by Gasteiger charge is 2.28. The van der Waals surface area contributed by atoms with Crippen molar-refractivity contribution in [2.24, 2.45) is 0 Å². The highest BCUT2D eigenvalue weighted by Crippen LogP contribution is 2.35. The Bertz CT molecular complexity index is 1150. The summed E-state index contributed by atoms with van der Waals surface area (Å²) in [5, 5.41) is 10.9. The number of ether oxygens (including phenoxy) is 2. The number of carbonyl (C=O) groups excluding carboxylic acids is 1. The van der Waals surface area contributed by atoms with Gasteiger partial charge in [0.25, 0.3) is 15.9 Å². The normalized spacial score (nSPS) is 11.7. The molecule has 0 aliphatic carbocycles. The maximum Gasteiger partial charge on any atom is 0.405 e. The van der Waals surface area contributed by atoms with Gasteiger partial charge in [0.1, 0.15) is 6.54 Å². The van der Waals surface area contributed by atoms with Crippen molar-refractivity contribution in [1.29, 1.82) is 0 Å². The number of alkyl halides is 5. The predicted molar refractivity (Wildman–Crippen MR) is 102 cm³/mol. The Morgan fingerprint density at radius 3 is 2.33 bits per heavy atom. The lowest BCUT2D eigenvalue weighted by Gasteiger charge is -2.16. The van der Waals surface area contributed by atoms with Crippen molar-refractivity contribution in [2.75, 3.05) is 18.4 Å². The van der Waals surface area contributed by atoms with Gasteiger partial charge in [-0.3, -0.25) is 9.52 Å². The number of rotatable bonds is 9. The second-order valence-electron chi connectivity index (χ2n) is 6.16. The highest BCUT2D eigenvalue weighted by atomic mass is 32.2. The summed E-state index contributed by atoms with van der Waals surface area (Å²) < 4.78 is 98.3. The summed E-state index contributed by atoms with van der Waals surface area (Å²) in [5.74, 6) is -3.99. The van der Waals surface area contributed by atoms with Crippen molar-refractivity contribution in [3.63, 3.8) is 0 Å². The molecule has 2 aromatic rings. The van der Waals surface area contributed by atoms with E-state index < -0.39 is 74.4 Å². The fourth-order valence-electron chi connectivity index (χ4n) is 2.46. The number of anilines is 1. The molecule has 0 aliphatic rings. The van der Waals surface area contributed by atoms with Gasteiger partial charge in [-0.1, -0.05) is 6.07 Å². The third-order valence-electron chi connectivity index (χ3n) is 3.85. The molecule has 0 fully saturated rings. The van der Waals surface area contributed by atoms with Crippen molar-refractivity contribution < 1.29 is 54.5 Å². The molecule has 0 saturated heterocycles. The molecule has 33 heavy (non-hydrogen) atoms. The van der Waals surface area contributed by atoms with Crippen molar-refractivity contribution in [2.45, 2.75) is 17.7 Å². The van der Waals surface area contributed by atoms with Crippen molar-refractivity contribution in [3.05, 3.63) is 47.5 Å². The number of carboxylic acids is 1. The van der Waals surface area contributed by atoms with E-state index in [1.165, 1.54) is 0 Å². The van der Waals surface area contributed by atoms with Crippen LogP contribution in [0.5, 0.6) is 11.5 Å². The Labute approximate surface area is 183 Å². The Morgan fingerprint density at radius 2 is 1.79 bits per heavy atom. The molecule has 180 valence electrons. The van der Waals surface area contributed by atoms with Crippen molar-refractivity contribution in [1.82, 2.24) is 5.32 Å². The standard InChI is InChI=1S/C18H15F5N2O7S/c1-31-13-7-12(11(16(27)28)6-14(13)32-17(19)20)25-33(29,30)10-4-2-3-9(5-10)15(26)24-8-18(21,22)23/h2-7,17,25H,8H2,1H3,(H,24,26)(H,27,28). The first-order chi connectivity index (χ1) is 15.2. The van der Waals surface area contributed by atoms with Crippen LogP contribution in [0.1, 0.15) is 20.7 Å². The molecule has 2 aromatic carbocycles. The maximum absolute atomic E-state index is 12.7. The van der Waals surface area contributed by atoms with E-state index in [2.05, 4.69) is 4.74 Å². The number of aromatic carboxylic acids is 1. The summed E-state index contributed by atoms with van der Waals surface area (Å²) in [5.41, 5.74) is -1.78. The van der Waals surface area contributed by atoms with E-state index in [-0.39, 0.29) is 0 Å². The Morgan fingerprint density at radius 1 is 1.12 bits per heavy atom. The molecule has 0 unspecified atom stereocenters. The lowest BCUT2D eigenvalue weighted by Crippen LogP contribution is -2.33. The van der Waals surface area contributed by atoms with Crippen LogP contribution in [0, 0.1) is 0 Å². The number of sulfonamides is 1. The minimum atomic E-state index is -4.69. The summed E-state index contributed by atoms with van der Waals surface area (Å²) in [6.45, 7) is -4.97. The van der Waals surface area contributed by atoms with E-state index in [1.54, 1.807) is 5.32 Å². The lowest BCUT2D eigenvalue weighted by atomic mass is 10.1. The van der Waals surface area contributed by atoms with E-state index in [1.807, 2.05) is 4.72 Å². The van der Waals surface area contributed by atoms with E-state index in [4.69, 9.17) is 4.74 Å². The lowest BCUT2D eigenvalue weighted by molar-refractivity contribution is -0.123. The number of nitrogens with one attached hydrogen (secondary N) is 2. The van der Waals surface area contributed by atoms with Crippen LogP contribution >= 0.6 is 0 Å². The molecular formula is C18H15F5N2O7S. The van der Waals surface area contributed by atoms with Gasteiger partial charge in [0.15, 0.2) is 11.5 Å². The maximum atomic E-state index is 12.7. The largest absolute Gasteiger partial charge is 0.493 e. The van der Waals surface area contributed by atoms with Crippen LogP contribution in [0.3, 0.4) is 0 Å². The average molecular weight is 498 g/mol. The van der Waals surface area contributed by atoms with Gasteiger partial charge in [0, 0.05) is 17.7 Å². The van der Waals surface area contributed by atoms with Crippen molar-refractivity contribution >= 4 is 27.6 Å². The Balaban J connectivity index is 2.41. The SMILES string of the molecule is COc1cc(NS(=O)(=O)c2cccc(C(=O)NCC(F)(F)F)c2)c(C(=O)O)cc1OC(F)F. The van der Waals surface area contributed by atoms with Gasteiger partial charge in [0.2, 0.25) is 0 Å². The number of halogens is 5. The van der Waals surface area contributed by atoms with Crippen LogP contribution in [0.25, 0.3) is 0 Å². The summed E-state index contributed by atoms with van der Waals surface area (Å²) in [4.78, 5) is 22.8. The molecule has 0 radical (unpaired) electrons. The fourth-order valence-corrected chi connectivity index (χ4v) is 3.58. The van der Waals surface area contributed by atoms with Gasteiger partial charge in [-0.05, 0) is 18.2 Å². The smallest absolute Gasteiger partial charge is 0.405 e. The predicted octanol–water partition coefficient (Wildman–Crippen LogP) is 3.09. The van der Waals surface area contributed by atoms with E-state index in [0.29, 0.717) is 6.07 Å². The molecule has 0 heterocycles. The molecular weight excluding hydrogens is 483 g/mol. The monoisotopic (exact) mass is 498 g/mol. The molecule has 0 saturated carbocycles. The third-order valence-corrected chi connectivity index (χ3v) is 5.21. The van der Waals surface area contributed by atoms with Crippen LogP contribution in [-0.2, 0) is 10.0 Å². The van der Waals surface area contributed by atoms with Gasteiger partial charge in [0.05, 0.1) is 23.3 Å². The van der Waals surface area contributed by atoms with Gasteiger partial charge in [-0.15, -0.1) is 0 Å². The fraction of sp³-hybridized carbons (Fsp3) is 0.222. The Kier molecular flexibility index (Phi) is 7.68. The molecule has 0 aromatic heterocycles. The molecule has 9 nitrogen and oxygen atoms in total. The zero-order chi connectivity index (χ0) is 25.0. The topological polar surface area (TPSA) is 131 Å². The highest BCUT2D eigenvalue weighted by molar-refractivity contribution is 7.92. The molecule has 0 spiro atoms. The van der Waals surface area contributed by atoms with Crippen LogP contribution in [0.2, 0.25) is 0 Å². The number of carbonyl (C=O) groups is 2. The second kappa shape index (κ2) is 9.89. The molecule has 0 atom stereocenters. The van der Waals surface area contributed by atoms with Crippen LogP contribution < -0.4 is 19.5 Å². The Hall–Kier alpha value is -3.62. The van der Waals surface area contributed by atoms with Crippen LogP contribution in [0.15, 0.2) is 41.3 Å². The third kappa shape index (κ3) is 6.93. The molecule has 2 rings (SSSR count). The molecule has 3 N–H and O–H groups in total. The minimum absolute atomic E-state index is 0.418. The summed E-state index contributed by atoms with van der Waals surface area (Å²) >= 11 is 0. The van der Waals surface area contributed by atoms with Gasteiger partial charge in [-0.2, -0.15) is 22.0 Å². The number of hydrogen-bond acceptors (Lipinski definition) is 6. The first-order valence-corrected chi connectivity index (χ1v) is 10.1. The van der Waals surface area contributed by atoms with Crippen LogP contribution in [0.4, 0.5) is 27.6 Å². The molecule has 1 amide bonds. The number of benzene rings is 2.